The lowest BCUT2D eigenvalue weighted by Crippen LogP contribution is -2.45. The van der Waals surface area contributed by atoms with Crippen LogP contribution in [0.4, 0.5) is 0 Å². The van der Waals surface area contributed by atoms with Gasteiger partial charge in [-0.05, 0) is 57.2 Å². The second-order valence-corrected chi connectivity index (χ2v) is 6.42. The lowest BCUT2D eigenvalue weighted by atomic mass is 10.1. The van der Waals surface area contributed by atoms with Gasteiger partial charge in [-0.15, -0.1) is 0 Å². The highest BCUT2D eigenvalue weighted by atomic mass is 16.5. The van der Waals surface area contributed by atoms with E-state index in [1.165, 1.54) is 0 Å². The fourth-order valence-electron chi connectivity index (χ4n) is 2.02. The molecular weight excluding hydrogens is 304 g/mol. The number of rotatable bonds is 5. The van der Waals surface area contributed by atoms with Crippen LogP contribution in [0.25, 0.3) is 0 Å². The van der Waals surface area contributed by atoms with Gasteiger partial charge in [0, 0.05) is 11.1 Å². The SMILES string of the molecule is CC(C)(C)NC(=O)CNC(=O)c1ccc(Oc2ccccc2)cc1. The van der Waals surface area contributed by atoms with E-state index in [4.69, 9.17) is 4.74 Å². The van der Waals surface area contributed by atoms with E-state index < -0.39 is 0 Å². The summed E-state index contributed by atoms with van der Waals surface area (Å²) in [5.41, 5.74) is 0.150. The molecule has 0 fully saturated rings. The average Bonchev–Trinajstić information content (AvgIpc) is 2.53. The summed E-state index contributed by atoms with van der Waals surface area (Å²) in [5, 5.41) is 5.39. The number of ether oxygens (including phenoxy) is 1. The fraction of sp³-hybridized carbons (Fsp3) is 0.263. The van der Waals surface area contributed by atoms with Crippen LogP contribution >= 0.6 is 0 Å². The lowest BCUT2D eigenvalue weighted by Gasteiger charge is -2.20. The Morgan fingerprint density at radius 2 is 1.50 bits per heavy atom. The van der Waals surface area contributed by atoms with E-state index in [0.29, 0.717) is 11.3 Å². The molecule has 2 aromatic rings. The van der Waals surface area contributed by atoms with Crippen molar-refractivity contribution >= 4 is 11.8 Å². The Morgan fingerprint density at radius 1 is 0.917 bits per heavy atom. The number of hydrogen-bond donors (Lipinski definition) is 2. The Hall–Kier alpha value is -2.82. The molecule has 126 valence electrons. The van der Waals surface area contributed by atoms with Crippen molar-refractivity contribution in [2.45, 2.75) is 26.3 Å². The van der Waals surface area contributed by atoms with Gasteiger partial charge in [-0.25, -0.2) is 0 Å². The van der Waals surface area contributed by atoms with E-state index in [9.17, 15) is 9.59 Å². The van der Waals surface area contributed by atoms with Crippen molar-refractivity contribution < 1.29 is 14.3 Å². The first kappa shape index (κ1) is 17.5. The number of carbonyl (C=O) groups excluding carboxylic acids is 2. The van der Waals surface area contributed by atoms with Crippen molar-refractivity contribution in [2.75, 3.05) is 6.54 Å². The molecule has 0 atom stereocenters. The third-order valence-electron chi connectivity index (χ3n) is 3.02. The average molecular weight is 326 g/mol. The van der Waals surface area contributed by atoms with Gasteiger partial charge in [0.2, 0.25) is 5.91 Å². The summed E-state index contributed by atoms with van der Waals surface area (Å²) in [4.78, 5) is 23.8. The first-order valence-electron chi connectivity index (χ1n) is 7.76. The van der Waals surface area contributed by atoms with E-state index in [2.05, 4.69) is 10.6 Å². The summed E-state index contributed by atoms with van der Waals surface area (Å²) in [5.74, 6) is 0.849. The normalized spacial score (nSPS) is 10.8. The van der Waals surface area contributed by atoms with Crippen LogP contribution in [0.5, 0.6) is 11.5 Å². The van der Waals surface area contributed by atoms with E-state index >= 15 is 0 Å². The highest BCUT2D eigenvalue weighted by Gasteiger charge is 2.14. The van der Waals surface area contributed by atoms with E-state index in [0.717, 1.165) is 5.75 Å². The summed E-state index contributed by atoms with van der Waals surface area (Å²) in [6, 6.07) is 16.2. The summed E-state index contributed by atoms with van der Waals surface area (Å²) in [6.07, 6.45) is 0. The highest BCUT2D eigenvalue weighted by molar-refractivity contribution is 5.96. The van der Waals surface area contributed by atoms with Crippen molar-refractivity contribution in [3.05, 3.63) is 60.2 Å². The molecule has 5 nitrogen and oxygen atoms in total. The molecule has 0 aliphatic carbocycles. The van der Waals surface area contributed by atoms with Crippen LogP contribution in [-0.2, 0) is 4.79 Å². The quantitative estimate of drug-likeness (QED) is 0.887. The molecule has 0 saturated heterocycles. The Bertz CT molecular complexity index is 689. The third kappa shape index (κ3) is 5.76. The largest absolute Gasteiger partial charge is 0.457 e. The standard InChI is InChI=1S/C19H22N2O3/c1-19(2,3)21-17(22)13-20-18(23)14-9-11-16(12-10-14)24-15-7-5-4-6-8-15/h4-12H,13H2,1-3H3,(H,20,23)(H,21,22). The van der Waals surface area contributed by atoms with Gasteiger partial charge in [0.05, 0.1) is 6.54 Å². The summed E-state index contributed by atoms with van der Waals surface area (Å²) >= 11 is 0. The molecule has 0 saturated carbocycles. The molecule has 0 aromatic heterocycles. The van der Waals surface area contributed by atoms with Gasteiger partial charge in [0.25, 0.3) is 5.91 Å². The van der Waals surface area contributed by atoms with E-state index in [1.54, 1.807) is 24.3 Å². The van der Waals surface area contributed by atoms with Gasteiger partial charge < -0.3 is 15.4 Å². The first-order chi connectivity index (χ1) is 11.3. The topological polar surface area (TPSA) is 67.4 Å². The molecule has 2 amide bonds. The Labute approximate surface area is 142 Å². The Balaban J connectivity index is 1.88. The van der Waals surface area contributed by atoms with Crippen LogP contribution in [0.15, 0.2) is 54.6 Å². The maximum atomic E-state index is 12.1. The van der Waals surface area contributed by atoms with Gasteiger partial charge in [0.15, 0.2) is 0 Å². The van der Waals surface area contributed by atoms with Gasteiger partial charge in [-0.2, -0.15) is 0 Å². The van der Waals surface area contributed by atoms with Crippen molar-refractivity contribution in [1.82, 2.24) is 10.6 Å². The summed E-state index contributed by atoms with van der Waals surface area (Å²) in [6.45, 7) is 5.60. The van der Waals surface area contributed by atoms with Crippen LogP contribution in [0.1, 0.15) is 31.1 Å². The van der Waals surface area contributed by atoms with Gasteiger partial charge in [0.1, 0.15) is 11.5 Å². The second-order valence-electron chi connectivity index (χ2n) is 6.42. The molecule has 2 N–H and O–H groups in total. The minimum absolute atomic E-state index is 0.0572. The number of benzene rings is 2. The Morgan fingerprint density at radius 3 is 2.08 bits per heavy atom. The number of hydrogen-bond acceptors (Lipinski definition) is 3. The molecule has 0 aliphatic heterocycles. The molecule has 2 rings (SSSR count). The molecule has 0 bridgehead atoms. The van der Waals surface area contributed by atoms with Gasteiger partial charge >= 0.3 is 0 Å². The molecule has 0 spiro atoms. The van der Waals surface area contributed by atoms with Crippen molar-refractivity contribution in [2.24, 2.45) is 0 Å². The van der Waals surface area contributed by atoms with Crippen LogP contribution in [0.2, 0.25) is 0 Å². The minimum atomic E-state index is -0.321. The summed E-state index contributed by atoms with van der Waals surface area (Å²) < 4.78 is 5.67. The van der Waals surface area contributed by atoms with Crippen molar-refractivity contribution in [1.29, 1.82) is 0 Å². The van der Waals surface area contributed by atoms with Gasteiger partial charge in [-0.3, -0.25) is 9.59 Å². The molecule has 2 aromatic carbocycles. The molecular formula is C19H22N2O3. The fourth-order valence-corrected chi connectivity index (χ4v) is 2.02. The lowest BCUT2D eigenvalue weighted by molar-refractivity contribution is -0.121. The molecule has 0 aliphatic rings. The molecule has 0 radical (unpaired) electrons. The maximum absolute atomic E-state index is 12.1. The number of para-hydroxylation sites is 1. The molecule has 24 heavy (non-hydrogen) atoms. The molecule has 0 unspecified atom stereocenters. The monoisotopic (exact) mass is 326 g/mol. The van der Waals surface area contributed by atoms with E-state index in [-0.39, 0.29) is 23.9 Å². The van der Waals surface area contributed by atoms with Crippen LogP contribution in [0.3, 0.4) is 0 Å². The third-order valence-corrected chi connectivity index (χ3v) is 3.02. The molecule has 0 heterocycles. The van der Waals surface area contributed by atoms with Crippen molar-refractivity contribution in [3.63, 3.8) is 0 Å². The zero-order valence-corrected chi connectivity index (χ0v) is 14.1. The number of carbonyl (C=O) groups is 2. The first-order valence-corrected chi connectivity index (χ1v) is 7.76. The predicted octanol–water partition coefficient (Wildman–Crippen LogP) is 3.12. The minimum Gasteiger partial charge on any atom is -0.457 e. The zero-order chi connectivity index (χ0) is 17.6. The van der Waals surface area contributed by atoms with Crippen LogP contribution in [0, 0.1) is 0 Å². The maximum Gasteiger partial charge on any atom is 0.251 e. The van der Waals surface area contributed by atoms with Crippen LogP contribution < -0.4 is 15.4 Å². The zero-order valence-electron chi connectivity index (χ0n) is 14.1. The Kier molecular flexibility index (Phi) is 5.58. The smallest absolute Gasteiger partial charge is 0.251 e. The van der Waals surface area contributed by atoms with Crippen molar-refractivity contribution in [3.8, 4) is 11.5 Å². The molecule has 5 heteroatoms. The number of nitrogens with one attached hydrogen (secondary N) is 2. The number of amides is 2. The van der Waals surface area contributed by atoms with E-state index in [1.807, 2.05) is 51.1 Å². The predicted molar refractivity (Wildman–Crippen MR) is 93.2 cm³/mol. The second kappa shape index (κ2) is 7.64. The highest BCUT2D eigenvalue weighted by Crippen LogP contribution is 2.21. The van der Waals surface area contributed by atoms with Crippen LogP contribution in [-0.4, -0.2) is 23.9 Å². The van der Waals surface area contributed by atoms with Gasteiger partial charge in [-0.1, -0.05) is 18.2 Å². The summed E-state index contributed by atoms with van der Waals surface area (Å²) in [7, 11) is 0.